The minimum Gasteiger partial charge on any atom is -0.462 e. The molecule has 0 bridgehead atoms. The number of unbranched alkanes of at least 4 members (excludes halogenated alkanes) is 47. The van der Waals surface area contributed by atoms with Crippen molar-refractivity contribution in [2.24, 2.45) is 0 Å². The Kier molecular flexibility index (Phi) is 59.1. The third-order valence-electron chi connectivity index (χ3n) is 14.8. The topological polar surface area (TPSA) is 78.9 Å². The highest BCUT2D eigenvalue weighted by molar-refractivity contribution is 5.71. The van der Waals surface area contributed by atoms with Crippen LogP contribution in [0.4, 0.5) is 0 Å². The zero-order valence-corrected chi connectivity index (χ0v) is 48.3. The number of allylic oxidation sites excluding steroid dienone is 2. The predicted molar refractivity (Wildman–Crippen MR) is 307 cm³/mol. The molecule has 1 atom stereocenters. The van der Waals surface area contributed by atoms with Gasteiger partial charge in [0.15, 0.2) is 6.10 Å². The van der Waals surface area contributed by atoms with Gasteiger partial charge in [-0.05, 0) is 38.5 Å². The number of carbonyl (C=O) groups is 3. The van der Waals surface area contributed by atoms with E-state index in [1.165, 1.54) is 257 Å². The number of esters is 3. The van der Waals surface area contributed by atoms with Crippen LogP contribution in [0.25, 0.3) is 0 Å². The maximum Gasteiger partial charge on any atom is 0.306 e. The minimum absolute atomic E-state index is 0.0663. The average Bonchev–Trinajstić information content (AvgIpc) is 3.37. The largest absolute Gasteiger partial charge is 0.462 e. The van der Waals surface area contributed by atoms with Crippen molar-refractivity contribution in [1.82, 2.24) is 0 Å². The van der Waals surface area contributed by atoms with Crippen molar-refractivity contribution < 1.29 is 28.6 Å². The van der Waals surface area contributed by atoms with E-state index in [0.29, 0.717) is 19.3 Å². The smallest absolute Gasteiger partial charge is 0.306 e. The first-order chi connectivity index (χ1) is 35.0. The Bertz CT molecular complexity index is 1100. The standard InChI is InChI=1S/C65H124O6/c1-4-7-10-13-16-19-22-24-26-28-30-31-32-33-34-36-37-39-41-43-46-49-52-55-58-64(67)70-61-62(60-69-63(66)57-54-51-48-45-21-18-15-12-9-6-3)71-65(68)59-56-53-50-47-44-42-40-38-35-29-27-25-23-20-17-14-11-8-5-2/h12,15,62H,4-11,13-14,16-61H2,1-3H3/b15-12-. The molecule has 0 heterocycles. The molecule has 1 unspecified atom stereocenters. The lowest BCUT2D eigenvalue weighted by molar-refractivity contribution is -0.167. The van der Waals surface area contributed by atoms with Crippen molar-refractivity contribution in [3.05, 3.63) is 12.2 Å². The molecule has 0 spiro atoms. The van der Waals surface area contributed by atoms with Crippen molar-refractivity contribution >= 4 is 17.9 Å². The molecule has 71 heavy (non-hydrogen) atoms. The van der Waals surface area contributed by atoms with Crippen molar-refractivity contribution in [2.45, 2.75) is 374 Å². The number of ether oxygens (including phenoxy) is 3. The fourth-order valence-corrected chi connectivity index (χ4v) is 9.92. The molecule has 0 saturated heterocycles. The summed E-state index contributed by atoms with van der Waals surface area (Å²) in [4.78, 5) is 38.2. The van der Waals surface area contributed by atoms with Crippen LogP contribution < -0.4 is 0 Å². The SMILES string of the molecule is CCC/C=C\CCCCCCCC(=O)OCC(COC(=O)CCCCCCCCCCCCCCCCCCCCCCCCCC)OC(=O)CCCCCCCCCCCCCCCCCCCCC. The van der Waals surface area contributed by atoms with Crippen molar-refractivity contribution in [3.63, 3.8) is 0 Å². The zero-order valence-electron chi connectivity index (χ0n) is 48.3. The van der Waals surface area contributed by atoms with Gasteiger partial charge in [-0.25, -0.2) is 0 Å². The molecule has 0 fully saturated rings. The van der Waals surface area contributed by atoms with Gasteiger partial charge in [-0.2, -0.15) is 0 Å². The summed E-state index contributed by atoms with van der Waals surface area (Å²) in [6, 6.07) is 0. The van der Waals surface area contributed by atoms with Gasteiger partial charge in [0.25, 0.3) is 0 Å². The van der Waals surface area contributed by atoms with Crippen LogP contribution in [-0.2, 0) is 28.6 Å². The van der Waals surface area contributed by atoms with Crippen LogP contribution in [0.2, 0.25) is 0 Å². The Morgan fingerprint density at radius 1 is 0.268 bits per heavy atom. The van der Waals surface area contributed by atoms with Crippen LogP contribution in [0.3, 0.4) is 0 Å². The maximum atomic E-state index is 12.9. The number of hydrogen-bond acceptors (Lipinski definition) is 6. The van der Waals surface area contributed by atoms with Crippen LogP contribution >= 0.6 is 0 Å². The Hall–Kier alpha value is -1.85. The van der Waals surface area contributed by atoms with Crippen molar-refractivity contribution in [1.29, 1.82) is 0 Å². The number of hydrogen-bond donors (Lipinski definition) is 0. The van der Waals surface area contributed by atoms with E-state index in [0.717, 1.165) is 70.6 Å². The Balaban J connectivity index is 4.15. The van der Waals surface area contributed by atoms with E-state index in [1.807, 2.05) is 0 Å². The molecule has 0 radical (unpaired) electrons. The van der Waals surface area contributed by atoms with E-state index in [9.17, 15) is 14.4 Å². The van der Waals surface area contributed by atoms with Gasteiger partial charge < -0.3 is 14.2 Å². The highest BCUT2D eigenvalue weighted by Crippen LogP contribution is 2.18. The third-order valence-corrected chi connectivity index (χ3v) is 14.8. The summed E-state index contributed by atoms with van der Waals surface area (Å²) in [5, 5.41) is 0. The summed E-state index contributed by atoms with van der Waals surface area (Å²) in [7, 11) is 0. The van der Waals surface area contributed by atoms with E-state index in [-0.39, 0.29) is 31.1 Å². The van der Waals surface area contributed by atoms with Gasteiger partial charge in [0.05, 0.1) is 0 Å². The van der Waals surface area contributed by atoms with Gasteiger partial charge >= 0.3 is 17.9 Å². The molecule has 0 rings (SSSR count). The van der Waals surface area contributed by atoms with Gasteiger partial charge in [-0.1, -0.05) is 322 Å². The summed E-state index contributed by atoms with van der Waals surface area (Å²) < 4.78 is 16.9. The second-order valence-electron chi connectivity index (χ2n) is 22.0. The molecule has 0 N–H and O–H groups in total. The predicted octanol–water partition coefficient (Wildman–Crippen LogP) is 21.7. The normalized spacial score (nSPS) is 12.0. The quantitative estimate of drug-likeness (QED) is 0.0261. The third kappa shape index (κ3) is 58.9. The van der Waals surface area contributed by atoms with E-state index in [4.69, 9.17) is 14.2 Å². The van der Waals surface area contributed by atoms with Crippen LogP contribution in [0.15, 0.2) is 12.2 Å². The van der Waals surface area contributed by atoms with Crippen LogP contribution in [0.1, 0.15) is 367 Å². The Morgan fingerprint density at radius 3 is 0.761 bits per heavy atom. The highest BCUT2D eigenvalue weighted by Gasteiger charge is 2.19. The van der Waals surface area contributed by atoms with Crippen LogP contribution in [0.5, 0.6) is 0 Å². The lowest BCUT2D eigenvalue weighted by Gasteiger charge is -2.18. The second kappa shape index (κ2) is 60.7. The molecule has 420 valence electrons. The monoisotopic (exact) mass is 1000 g/mol. The van der Waals surface area contributed by atoms with Gasteiger partial charge in [-0.15, -0.1) is 0 Å². The number of carbonyl (C=O) groups excluding carboxylic acids is 3. The van der Waals surface area contributed by atoms with Gasteiger partial charge in [0.2, 0.25) is 0 Å². The summed E-state index contributed by atoms with van der Waals surface area (Å²) in [6.07, 6.45) is 70.9. The van der Waals surface area contributed by atoms with Crippen molar-refractivity contribution in [3.8, 4) is 0 Å². The van der Waals surface area contributed by atoms with Gasteiger partial charge in [0.1, 0.15) is 13.2 Å². The van der Waals surface area contributed by atoms with Crippen molar-refractivity contribution in [2.75, 3.05) is 13.2 Å². The van der Waals surface area contributed by atoms with Gasteiger partial charge in [0, 0.05) is 19.3 Å². The Morgan fingerprint density at radius 2 is 0.493 bits per heavy atom. The molecule has 0 saturated carbocycles. The average molecular weight is 1000 g/mol. The molecule has 0 aliphatic heterocycles. The molecule has 0 aromatic carbocycles. The fraction of sp³-hybridized carbons (Fsp3) is 0.923. The molecule has 0 amide bonds. The maximum absolute atomic E-state index is 12.9. The summed E-state index contributed by atoms with van der Waals surface area (Å²) in [6.45, 7) is 6.65. The first-order valence-electron chi connectivity index (χ1n) is 32.2. The summed E-state index contributed by atoms with van der Waals surface area (Å²) in [5.41, 5.74) is 0. The van der Waals surface area contributed by atoms with E-state index in [2.05, 4.69) is 32.9 Å². The molecule has 0 aromatic heterocycles. The van der Waals surface area contributed by atoms with Gasteiger partial charge in [-0.3, -0.25) is 14.4 Å². The van der Waals surface area contributed by atoms with E-state index >= 15 is 0 Å². The first-order valence-corrected chi connectivity index (χ1v) is 32.2. The lowest BCUT2D eigenvalue weighted by atomic mass is 10.0. The van der Waals surface area contributed by atoms with Crippen LogP contribution in [-0.4, -0.2) is 37.2 Å². The molecule has 6 nitrogen and oxygen atoms in total. The summed E-state index contributed by atoms with van der Waals surface area (Å²) >= 11 is 0. The molecular formula is C65H124O6. The zero-order chi connectivity index (χ0) is 51.4. The second-order valence-corrected chi connectivity index (χ2v) is 22.0. The van der Waals surface area contributed by atoms with Crippen LogP contribution in [0, 0.1) is 0 Å². The minimum atomic E-state index is -0.768. The Labute approximate surface area is 443 Å². The highest BCUT2D eigenvalue weighted by atomic mass is 16.6. The summed E-state index contributed by atoms with van der Waals surface area (Å²) in [5.74, 6) is -0.849. The molecule has 0 aliphatic rings. The lowest BCUT2D eigenvalue weighted by Crippen LogP contribution is -2.30. The molecule has 0 aromatic rings. The molecule has 0 aliphatic carbocycles. The van der Waals surface area contributed by atoms with E-state index in [1.54, 1.807) is 0 Å². The molecular weight excluding hydrogens is 877 g/mol. The van der Waals surface area contributed by atoms with E-state index < -0.39 is 6.10 Å². The fourth-order valence-electron chi connectivity index (χ4n) is 9.92. The first kappa shape index (κ1) is 69.2. The number of rotatable bonds is 60. The molecule has 6 heteroatoms.